The second-order valence-corrected chi connectivity index (χ2v) is 8.10. The van der Waals surface area contributed by atoms with E-state index < -0.39 is 10.0 Å². The molecule has 1 aliphatic rings. The highest BCUT2D eigenvalue weighted by Gasteiger charge is 2.23. The van der Waals surface area contributed by atoms with Crippen molar-refractivity contribution in [2.75, 3.05) is 10.5 Å². The predicted molar refractivity (Wildman–Crippen MR) is 92.2 cm³/mol. The fourth-order valence-electron chi connectivity index (χ4n) is 3.13. The number of phenols is 1. The molecule has 0 aliphatic heterocycles. The lowest BCUT2D eigenvalue weighted by Gasteiger charge is -2.12. The highest BCUT2D eigenvalue weighted by atomic mass is 32.2. The SMILES string of the molecule is Cc1cc(NS(=O)(=O)CCC2Cc3ccccc3C2)ccc1O. The van der Waals surface area contributed by atoms with Crippen molar-refractivity contribution >= 4 is 15.7 Å². The minimum absolute atomic E-state index is 0.117. The molecule has 23 heavy (non-hydrogen) atoms. The first-order valence-electron chi connectivity index (χ1n) is 7.80. The van der Waals surface area contributed by atoms with Crippen LogP contribution in [0, 0.1) is 12.8 Å². The third-order valence-electron chi connectivity index (χ3n) is 4.40. The molecule has 4 nitrogen and oxygen atoms in total. The summed E-state index contributed by atoms with van der Waals surface area (Å²) in [4.78, 5) is 0. The first-order valence-corrected chi connectivity index (χ1v) is 9.45. The standard InChI is InChI=1S/C18H21NO3S/c1-13-10-17(6-7-18(13)20)19-23(21,22)9-8-14-11-15-4-2-3-5-16(15)12-14/h2-7,10,14,19-20H,8-9,11-12H2,1H3. The molecule has 2 aromatic rings. The molecule has 0 atom stereocenters. The number of aryl methyl sites for hydroxylation is 1. The number of anilines is 1. The Morgan fingerprint density at radius 3 is 2.39 bits per heavy atom. The minimum Gasteiger partial charge on any atom is -0.508 e. The fraction of sp³-hybridized carbons (Fsp3) is 0.333. The topological polar surface area (TPSA) is 66.4 Å². The third-order valence-corrected chi connectivity index (χ3v) is 5.72. The van der Waals surface area contributed by atoms with E-state index in [0.717, 1.165) is 12.8 Å². The number of aromatic hydroxyl groups is 1. The van der Waals surface area contributed by atoms with Gasteiger partial charge in [0.2, 0.25) is 10.0 Å². The second-order valence-electron chi connectivity index (χ2n) is 6.25. The largest absolute Gasteiger partial charge is 0.508 e. The number of hydrogen-bond acceptors (Lipinski definition) is 3. The van der Waals surface area contributed by atoms with Gasteiger partial charge in [0.05, 0.1) is 5.75 Å². The third kappa shape index (κ3) is 3.85. The Labute approximate surface area is 137 Å². The van der Waals surface area contributed by atoms with E-state index in [1.54, 1.807) is 19.1 Å². The lowest BCUT2D eigenvalue weighted by atomic mass is 10.0. The van der Waals surface area contributed by atoms with Gasteiger partial charge in [0.25, 0.3) is 0 Å². The number of hydrogen-bond donors (Lipinski definition) is 2. The summed E-state index contributed by atoms with van der Waals surface area (Å²) >= 11 is 0. The maximum absolute atomic E-state index is 12.3. The summed E-state index contributed by atoms with van der Waals surface area (Å²) in [6.07, 6.45) is 2.58. The van der Waals surface area contributed by atoms with E-state index in [-0.39, 0.29) is 11.5 Å². The van der Waals surface area contributed by atoms with Crippen LogP contribution in [0.15, 0.2) is 42.5 Å². The summed E-state index contributed by atoms with van der Waals surface area (Å²) in [5, 5.41) is 9.50. The van der Waals surface area contributed by atoms with Crippen LogP contribution in [0.2, 0.25) is 0 Å². The van der Waals surface area contributed by atoms with E-state index in [0.29, 0.717) is 23.6 Å². The second kappa shape index (κ2) is 6.24. The molecule has 2 N–H and O–H groups in total. The van der Waals surface area contributed by atoms with Crippen LogP contribution in [0.3, 0.4) is 0 Å². The van der Waals surface area contributed by atoms with Gasteiger partial charge in [-0.15, -0.1) is 0 Å². The van der Waals surface area contributed by atoms with Crippen molar-refractivity contribution in [1.82, 2.24) is 0 Å². The first kappa shape index (κ1) is 15.9. The lowest BCUT2D eigenvalue weighted by molar-refractivity contribution is 0.471. The van der Waals surface area contributed by atoms with Crippen LogP contribution in [-0.4, -0.2) is 19.3 Å². The quantitative estimate of drug-likeness (QED) is 0.827. The van der Waals surface area contributed by atoms with Crippen molar-refractivity contribution in [3.63, 3.8) is 0 Å². The molecule has 0 amide bonds. The Morgan fingerprint density at radius 1 is 1.13 bits per heavy atom. The molecular formula is C18H21NO3S. The van der Waals surface area contributed by atoms with Crippen molar-refractivity contribution in [2.24, 2.45) is 5.92 Å². The minimum atomic E-state index is -3.37. The molecule has 2 aromatic carbocycles. The zero-order valence-corrected chi connectivity index (χ0v) is 13.9. The van der Waals surface area contributed by atoms with Crippen LogP contribution in [0.4, 0.5) is 5.69 Å². The number of fused-ring (bicyclic) bond motifs is 1. The van der Waals surface area contributed by atoms with Gasteiger partial charge in [-0.2, -0.15) is 0 Å². The van der Waals surface area contributed by atoms with Gasteiger partial charge in [-0.1, -0.05) is 24.3 Å². The fourth-order valence-corrected chi connectivity index (χ4v) is 4.36. The molecule has 3 rings (SSSR count). The van der Waals surface area contributed by atoms with Crippen LogP contribution < -0.4 is 4.72 Å². The van der Waals surface area contributed by atoms with Gasteiger partial charge in [-0.3, -0.25) is 4.72 Å². The summed E-state index contributed by atoms with van der Waals surface area (Å²) in [6.45, 7) is 1.74. The van der Waals surface area contributed by atoms with Gasteiger partial charge in [0.1, 0.15) is 5.75 Å². The summed E-state index contributed by atoms with van der Waals surface area (Å²) in [6, 6.07) is 13.0. The maximum Gasteiger partial charge on any atom is 0.232 e. The summed E-state index contributed by atoms with van der Waals surface area (Å²) in [5.41, 5.74) is 3.83. The van der Waals surface area contributed by atoms with Gasteiger partial charge < -0.3 is 5.11 Å². The smallest absolute Gasteiger partial charge is 0.232 e. The summed E-state index contributed by atoms with van der Waals surface area (Å²) < 4.78 is 27.1. The first-order chi connectivity index (χ1) is 10.9. The molecule has 1 aliphatic carbocycles. The maximum atomic E-state index is 12.3. The van der Waals surface area contributed by atoms with Crippen molar-refractivity contribution in [3.05, 3.63) is 59.2 Å². The van der Waals surface area contributed by atoms with Gasteiger partial charge >= 0.3 is 0 Å². The Morgan fingerprint density at radius 2 is 1.78 bits per heavy atom. The number of rotatable bonds is 5. The van der Waals surface area contributed by atoms with Crippen LogP contribution in [0.5, 0.6) is 5.75 Å². The molecule has 122 valence electrons. The molecule has 0 bridgehead atoms. The average molecular weight is 331 g/mol. The van der Waals surface area contributed by atoms with E-state index >= 15 is 0 Å². The normalized spacial score (nSPS) is 14.7. The molecule has 0 saturated heterocycles. The van der Waals surface area contributed by atoms with Crippen LogP contribution >= 0.6 is 0 Å². The van der Waals surface area contributed by atoms with Crippen molar-refractivity contribution in [1.29, 1.82) is 0 Å². The van der Waals surface area contributed by atoms with Gasteiger partial charge in [0, 0.05) is 5.69 Å². The molecule has 0 aromatic heterocycles. The monoisotopic (exact) mass is 331 g/mol. The van der Waals surface area contributed by atoms with Gasteiger partial charge in [-0.25, -0.2) is 8.42 Å². The van der Waals surface area contributed by atoms with Crippen molar-refractivity contribution in [3.8, 4) is 5.75 Å². The number of sulfonamides is 1. The molecule has 5 heteroatoms. The van der Waals surface area contributed by atoms with E-state index in [1.807, 2.05) is 12.1 Å². The molecule has 0 unspecified atom stereocenters. The van der Waals surface area contributed by atoms with E-state index in [1.165, 1.54) is 17.2 Å². The van der Waals surface area contributed by atoms with E-state index in [9.17, 15) is 13.5 Å². The number of phenolic OH excluding ortho intramolecular Hbond substituents is 1. The molecule has 0 saturated carbocycles. The average Bonchev–Trinajstić information content (AvgIpc) is 2.92. The Kier molecular flexibility index (Phi) is 4.31. The molecule has 0 radical (unpaired) electrons. The van der Waals surface area contributed by atoms with E-state index in [4.69, 9.17) is 0 Å². The van der Waals surface area contributed by atoms with Crippen LogP contribution in [0.1, 0.15) is 23.1 Å². The highest BCUT2D eigenvalue weighted by molar-refractivity contribution is 7.92. The molecule has 0 fully saturated rings. The van der Waals surface area contributed by atoms with Crippen LogP contribution in [-0.2, 0) is 22.9 Å². The van der Waals surface area contributed by atoms with Crippen molar-refractivity contribution in [2.45, 2.75) is 26.2 Å². The predicted octanol–water partition coefficient (Wildman–Crippen LogP) is 3.25. The van der Waals surface area contributed by atoms with E-state index in [2.05, 4.69) is 16.9 Å². The number of nitrogens with one attached hydrogen (secondary N) is 1. The summed E-state index contributed by atoms with van der Waals surface area (Å²) in [5.74, 6) is 0.674. The Bertz CT molecular complexity index is 790. The lowest BCUT2D eigenvalue weighted by Crippen LogP contribution is -2.19. The zero-order valence-electron chi connectivity index (χ0n) is 13.1. The van der Waals surface area contributed by atoms with Crippen molar-refractivity contribution < 1.29 is 13.5 Å². The van der Waals surface area contributed by atoms with Gasteiger partial charge in [-0.05, 0) is 67.0 Å². The summed E-state index contributed by atoms with van der Waals surface area (Å²) in [7, 11) is -3.37. The molecule has 0 spiro atoms. The molecule has 0 heterocycles. The Balaban J connectivity index is 1.58. The zero-order chi connectivity index (χ0) is 16.4. The highest BCUT2D eigenvalue weighted by Crippen LogP contribution is 2.29. The Hall–Kier alpha value is -2.01. The molecular weight excluding hydrogens is 310 g/mol. The number of benzene rings is 2. The van der Waals surface area contributed by atoms with Crippen LogP contribution in [0.25, 0.3) is 0 Å². The van der Waals surface area contributed by atoms with Gasteiger partial charge in [0.15, 0.2) is 0 Å².